The van der Waals surface area contributed by atoms with Crippen LogP contribution < -0.4 is 19.7 Å². The number of carbonyl (C=O) groups excluding carboxylic acids is 2. The van der Waals surface area contributed by atoms with Crippen molar-refractivity contribution in [2.75, 3.05) is 38.8 Å². The predicted octanol–water partition coefficient (Wildman–Crippen LogP) is 2.64. The summed E-state index contributed by atoms with van der Waals surface area (Å²) in [6.07, 6.45) is 2.12. The second-order valence-electron chi connectivity index (χ2n) is 6.38. The SMILES string of the molecule is CCCN(CCC)C(=O)NC1CC(=O)N(c2ccc(OC)c(OC)c2)C1. The number of amides is 3. The van der Waals surface area contributed by atoms with Crippen LogP contribution in [0.1, 0.15) is 33.1 Å². The van der Waals surface area contributed by atoms with E-state index in [1.165, 1.54) is 0 Å². The lowest BCUT2D eigenvalue weighted by atomic mass is 10.2. The first-order valence-electron chi connectivity index (χ1n) is 9.11. The van der Waals surface area contributed by atoms with Gasteiger partial charge in [-0.05, 0) is 25.0 Å². The number of ether oxygens (including phenoxy) is 2. The van der Waals surface area contributed by atoms with Gasteiger partial charge in [0, 0.05) is 37.8 Å². The van der Waals surface area contributed by atoms with E-state index in [0.29, 0.717) is 24.5 Å². The Hall–Kier alpha value is -2.44. The van der Waals surface area contributed by atoms with Crippen LogP contribution in [0.3, 0.4) is 0 Å². The number of rotatable bonds is 8. The van der Waals surface area contributed by atoms with Crippen LogP contribution in [0.15, 0.2) is 18.2 Å². The maximum atomic E-state index is 12.5. The van der Waals surface area contributed by atoms with Gasteiger partial charge in [-0.1, -0.05) is 13.8 Å². The Labute approximate surface area is 155 Å². The minimum Gasteiger partial charge on any atom is -0.493 e. The number of nitrogens with zero attached hydrogens (tertiary/aromatic N) is 2. The molecule has 0 radical (unpaired) electrons. The molecule has 1 aromatic rings. The lowest BCUT2D eigenvalue weighted by Gasteiger charge is -2.24. The highest BCUT2D eigenvalue weighted by Crippen LogP contribution is 2.33. The monoisotopic (exact) mass is 363 g/mol. The van der Waals surface area contributed by atoms with Crippen LogP contribution in [0.4, 0.5) is 10.5 Å². The highest BCUT2D eigenvalue weighted by molar-refractivity contribution is 5.97. The number of anilines is 1. The molecule has 0 aromatic heterocycles. The molecule has 26 heavy (non-hydrogen) atoms. The van der Waals surface area contributed by atoms with E-state index in [2.05, 4.69) is 5.32 Å². The Kier molecular flexibility index (Phi) is 7.12. The largest absolute Gasteiger partial charge is 0.493 e. The van der Waals surface area contributed by atoms with Gasteiger partial charge in [-0.15, -0.1) is 0 Å². The number of hydrogen-bond donors (Lipinski definition) is 1. The molecule has 7 nitrogen and oxygen atoms in total. The van der Waals surface area contributed by atoms with Gasteiger partial charge in [-0.3, -0.25) is 4.79 Å². The number of urea groups is 1. The van der Waals surface area contributed by atoms with Gasteiger partial charge < -0.3 is 24.6 Å². The molecule has 144 valence electrons. The normalized spacial score (nSPS) is 16.5. The first-order chi connectivity index (χ1) is 12.5. The van der Waals surface area contributed by atoms with Gasteiger partial charge in [0.15, 0.2) is 11.5 Å². The van der Waals surface area contributed by atoms with E-state index in [9.17, 15) is 9.59 Å². The molecule has 1 N–H and O–H groups in total. The van der Waals surface area contributed by atoms with Crippen LogP contribution in [-0.2, 0) is 4.79 Å². The highest BCUT2D eigenvalue weighted by atomic mass is 16.5. The summed E-state index contributed by atoms with van der Waals surface area (Å²) < 4.78 is 10.5. The van der Waals surface area contributed by atoms with E-state index < -0.39 is 0 Å². The summed E-state index contributed by atoms with van der Waals surface area (Å²) in [5.74, 6) is 1.17. The van der Waals surface area contributed by atoms with E-state index in [4.69, 9.17) is 9.47 Å². The maximum Gasteiger partial charge on any atom is 0.317 e. The molecule has 3 amide bonds. The van der Waals surface area contributed by atoms with Crippen LogP contribution in [0.5, 0.6) is 11.5 Å². The smallest absolute Gasteiger partial charge is 0.317 e. The van der Waals surface area contributed by atoms with Crippen molar-refractivity contribution in [1.29, 1.82) is 0 Å². The molecular formula is C19H29N3O4. The average Bonchev–Trinajstić information content (AvgIpc) is 3.00. The van der Waals surface area contributed by atoms with Gasteiger partial charge in [0.2, 0.25) is 5.91 Å². The molecule has 1 fully saturated rings. The molecule has 2 rings (SSSR count). The number of hydrogen-bond acceptors (Lipinski definition) is 4. The first kappa shape index (κ1) is 19.9. The summed E-state index contributed by atoms with van der Waals surface area (Å²) in [7, 11) is 3.13. The molecule has 1 aliphatic rings. The summed E-state index contributed by atoms with van der Waals surface area (Å²) >= 11 is 0. The van der Waals surface area contributed by atoms with Crippen LogP contribution >= 0.6 is 0 Å². The quantitative estimate of drug-likeness (QED) is 0.771. The molecule has 0 spiro atoms. The lowest BCUT2D eigenvalue weighted by Crippen LogP contribution is -2.46. The van der Waals surface area contributed by atoms with Crippen LogP contribution in [0, 0.1) is 0 Å². The molecule has 1 heterocycles. The highest BCUT2D eigenvalue weighted by Gasteiger charge is 2.32. The van der Waals surface area contributed by atoms with Crippen molar-refractivity contribution < 1.29 is 19.1 Å². The van der Waals surface area contributed by atoms with Gasteiger partial charge in [0.1, 0.15) is 0 Å². The van der Waals surface area contributed by atoms with Crippen molar-refractivity contribution in [3.05, 3.63) is 18.2 Å². The van der Waals surface area contributed by atoms with Crippen molar-refractivity contribution in [2.45, 2.75) is 39.2 Å². The molecule has 1 atom stereocenters. The summed E-state index contributed by atoms with van der Waals surface area (Å²) in [5, 5.41) is 3.00. The zero-order valence-electron chi connectivity index (χ0n) is 16.1. The summed E-state index contributed by atoms with van der Waals surface area (Å²) in [6, 6.07) is 5.09. The van der Waals surface area contributed by atoms with Crippen LogP contribution in [0.2, 0.25) is 0 Å². The number of methoxy groups -OCH3 is 2. The third-order valence-corrected chi connectivity index (χ3v) is 4.41. The fourth-order valence-electron chi connectivity index (χ4n) is 3.17. The average molecular weight is 363 g/mol. The maximum absolute atomic E-state index is 12.5. The van der Waals surface area contributed by atoms with Crippen molar-refractivity contribution in [2.24, 2.45) is 0 Å². The molecule has 1 saturated heterocycles. The second kappa shape index (κ2) is 9.31. The molecule has 1 unspecified atom stereocenters. The van der Waals surface area contributed by atoms with Gasteiger partial charge >= 0.3 is 6.03 Å². The Morgan fingerprint density at radius 2 is 1.85 bits per heavy atom. The van der Waals surface area contributed by atoms with Crippen LogP contribution in [0.25, 0.3) is 0 Å². The Morgan fingerprint density at radius 3 is 2.42 bits per heavy atom. The van der Waals surface area contributed by atoms with E-state index >= 15 is 0 Å². The second-order valence-corrected chi connectivity index (χ2v) is 6.38. The first-order valence-corrected chi connectivity index (χ1v) is 9.11. The van der Waals surface area contributed by atoms with E-state index in [1.54, 1.807) is 31.3 Å². The van der Waals surface area contributed by atoms with Gasteiger partial charge in [-0.25, -0.2) is 4.79 Å². The molecule has 7 heteroatoms. The summed E-state index contributed by atoms with van der Waals surface area (Å²) in [5.41, 5.74) is 0.739. The van der Waals surface area contributed by atoms with Gasteiger partial charge in [-0.2, -0.15) is 0 Å². The molecule has 0 bridgehead atoms. The number of nitrogens with one attached hydrogen (secondary N) is 1. The lowest BCUT2D eigenvalue weighted by molar-refractivity contribution is -0.117. The Morgan fingerprint density at radius 1 is 1.19 bits per heavy atom. The summed E-state index contributed by atoms with van der Waals surface area (Å²) in [6.45, 7) is 5.99. The van der Waals surface area contributed by atoms with Crippen molar-refractivity contribution in [3.8, 4) is 11.5 Å². The molecule has 1 aliphatic heterocycles. The molecule has 1 aromatic carbocycles. The topological polar surface area (TPSA) is 71.1 Å². The van der Waals surface area contributed by atoms with Gasteiger partial charge in [0.05, 0.1) is 20.3 Å². The van der Waals surface area contributed by atoms with E-state index in [-0.39, 0.29) is 18.0 Å². The fourth-order valence-corrected chi connectivity index (χ4v) is 3.17. The summed E-state index contributed by atoms with van der Waals surface area (Å²) in [4.78, 5) is 28.4. The van der Waals surface area contributed by atoms with Crippen molar-refractivity contribution in [3.63, 3.8) is 0 Å². The molecule has 0 saturated carbocycles. The van der Waals surface area contributed by atoms with Gasteiger partial charge in [0.25, 0.3) is 0 Å². The zero-order valence-corrected chi connectivity index (χ0v) is 16.1. The minimum atomic E-state index is -0.195. The standard InChI is InChI=1S/C19H29N3O4/c1-5-9-21(10-6-2)19(24)20-14-11-18(23)22(13-14)15-7-8-16(25-3)17(12-15)26-4/h7-8,12,14H,5-6,9-11,13H2,1-4H3,(H,20,24). The zero-order chi connectivity index (χ0) is 19.1. The van der Waals surface area contributed by atoms with Crippen molar-refractivity contribution >= 4 is 17.6 Å². The third kappa shape index (κ3) is 4.59. The van der Waals surface area contributed by atoms with Crippen LogP contribution in [-0.4, -0.2) is 56.7 Å². The predicted molar refractivity (Wildman–Crippen MR) is 101 cm³/mol. The minimum absolute atomic E-state index is 0.0138. The Bertz CT molecular complexity index is 629. The fraction of sp³-hybridized carbons (Fsp3) is 0.579. The number of carbonyl (C=O) groups is 2. The van der Waals surface area contributed by atoms with E-state index in [1.807, 2.05) is 24.8 Å². The molecular weight excluding hydrogens is 334 g/mol. The third-order valence-electron chi connectivity index (χ3n) is 4.41. The Balaban J connectivity index is 2.05. The number of benzene rings is 1. The molecule has 0 aliphatic carbocycles. The van der Waals surface area contributed by atoms with E-state index in [0.717, 1.165) is 31.6 Å². The van der Waals surface area contributed by atoms with Crippen molar-refractivity contribution in [1.82, 2.24) is 10.2 Å².